The second kappa shape index (κ2) is 6.08. The molecule has 19 heavy (non-hydrogen) atoms. The van der Waals surface area contributed by atoms with E-state index in [-0.39, 0.29) is 5.91 Å². The van der Waals surface area contributed by atoms with Gasteiger partial charge in [0.05, 0.1) is 17.9 Å². The molecule has 1 amide bonds. The summed E-state index contributed by atoms with van der Waals surface area (Å²) in [6, 6.07) is 7.21. The molecule has 0 aliphatic carbocycles. The second-order valence-corrected chi connectivity index (χ2v) is 5.78. The van der Waals surface area contributed by atoms with Crippen molar-refractivity contribution in [3.05, 3.63) is 44.6 Å². The van der Waals surface area contributed by atoms with Crippen LogP contribution in [-0.4, -0.2) is 13.0 Å². The van der Waals surface area contributed by atoms with Gasteiger partial charge in [0.1, 0.15) is 0 Å². The smallest absolute Gasteiger partial charge is 0.251 e. The van der Waals surface area contributed by atoms with Crippen LogP contribution in [0.15, 0.2) is 34.1 Å². The third-order valence-electron chi connectivity index (χ3n) is 2.67. The highest BCUT2D eigenvalue weighted by atomic mass is 79.9. The highest BCUT2D eigenvalue weighted by Crippen LogP contribution is 2.26. The molecule has 1 aromatic carbocycles. The maximum absolute atomic E-state index is 11.6. The molecule has 100 valence electrons. The van der Waals surface area contributed by atoms with Gasteiger partial charge in [0.25, 0.3) is 5.91 Å². The van der Waals surface area contributed by atoms with Gasteiger partial charge in [-0.2, -0.15) is 0 Å². The molecule has 4 nitrogen and oxygen atoms in total. The molecule has 0 aliphatic heterocycles. The van der Waals surface area contributed by atoms with Crippen LogP contribution in [0, 0.1) is 0 Å². The lowest BCUT2D eigenvalue weighted by Crippen LogP contribution is -2.18. The first-order valence-electron chi connectivity index (χ1n) is 5.69. The monoisotopic (exact) mass is 339 g/mol. The Bertz CT molecular complexity index is 597. The molecule has 0 fully saturated rings. The molecule has 0 saturated carbocycles. The van der Waals surface area contributed by atoms with Crippen molar-refractivity contribution in [2.45, 2.75) is 6.54 Å². The van der Waals surface area contributed by atoms with Gasteiger partial charge < -0.3 is 16.4 Å². The highest BCUT2D eigenvalue weighted by Gasteiger charge is 2.07. The van der Waals surface area contributed by atoms with Crippen molar-refractivity contribution in [2.24, 2.45) is 0 Å². The van der Waals surface area contributed by atoms with Crippen LogP contribution >= 0.6 is 27.3 Å². The molecule has 2 rings (SSSR count). The summed E-state index contributed by atoms with van der Waals surface area (Å²) < 4.78 is 1.08. The Labute approximate surface area is 124 Å². The first kappa shape index (κ1) is 13.9. The number of carbonyl (C=O) groups excluding carboxylic acids is 1. The van der Waals surface area contributed by atoms with E-state index in [1.165, 1.54) is 4.88 Å². The van der Waals surface area contributed by atoms with Gasteiger partial charge in [0.15, 0.2) is 0 Å². The van der Waals surface area contributed by atoms with E-state index in [4.69, 9.17) is 5.73 Å². The van der Waals surface area contributed by atoms with Crippen LogP contribution in [0.25, 0.3) is 0 Å². The number of nitrogens with two attached hydrogens (primary N) is 1. The molecule has 0 atom stereocenters. The lowest BCUT2D eigenvalue weighted by molar-refractivity contribution is 0.0963. The quantitative estimate of drug-likeness (QED) is 0.750. The minimum Gasteiger partial charge on any atom is -0.397 e. The van der Waals surface area contributed by atoms with E-state index in [1.807, 2.05) is 11.4 Å². The molecule has 2 aromatic rings. The SMILES string of the molecule is CNC(=O)c1ccc(N)c(NCc2sccc2Br)c1. The predicted octanol–water partition coefficient (Wildman–Crippen LogP) is 3.06. The molecule has 1 aromatic heterocycles. The van der Waals surface area contributed by atoms with Crippen LogP contribution in [0.4, 0.5) is 11.4 Å². The normalized spacial score (nSPS) is 10.2. The maximum atomic E-state index is 11.6. The fourth-order valence-corrected chi connectivity index (χ4v) is 3.05. The molecule has 0 saturated heterocycles. The Kier molecular flexibility index (Phi) is 4.44. The summed E-state index contributed by atoms with van der Waals surface area (Å²) in [6.45, 7) is 0.666. The standard InChI is InChI=1S/C13H14BrN3OS/c1-16-13(18)8-2-3-10(15)11(6-8)17-7-12-9(14)4-5-19-12/h2-6,17H,7,15H2,1H3,(H,16,18). The third kappa shape index (κ3) is 3.27. The molecular formula is C13H14BrN3OS. The van der Waals surface area contributed by atoms with Crippen molar-refractivity contribution in [2.75, 3.05) is 18.1 Å². The lowest BCUT2D eigenvalue weighted by Gasteiger charge is -2.10. The van der Waals surface area contributed by atoms with Crippen molar-refractivity contribution >= 4 is 44.5 Å². The Morgan fingerprint density at radius 3 is 2.84 bits per heavy atom. The zero-order valence-electron chi connectivity index (χ0n) is 10.4. The van der Waals surface area contributed by atoms with Crippen LogP contribution in [-0.2, 0) is 6.54 Å². The zero-order chi connectivity index (χ0) is 13.8. The number of nitrogens with one attached hydrogen (secondary N) is 2. The van der Waals surface area contributed by atoms with Crippen LogP contribution in [0.2, 0.25) is 0 Å². The average Bonchev–Trinajstić information content (AvgIpc) is 2.82. The summed E-state index contributed by atoms with van der Waals surface area (Å²) in [5.41, 5.74) is 7.88. The summed E-state index contributed by atoms with van der Waals surface area (Å²) in [6.07, 6.45) is 0. The van der Waals surface area contributed by atoms with Crippen LogP contribution in [0.1, 0.15) is 15.2 Å². The van der Waals surface area contributed by atoms with Crippen molar-refractivity contribution in [1.82, 2.24) is 5.32 Å². The van der Waals surface area contributed by atoms with E-state index in [0.717, 1.165) is 10.2 Å². The van der Waals surface area contributed by atoms with Gasteiger partial charge in [-0.1, -0.05) is 0 Å². The van der Waals surface area contributed by atoms with E-state index < -0.39 is 0 Å². The van der Waals surface area contributed by atoms with Gasteiger partial charge in [-0.25, -0.2) is 0 Å². The van der Waals surface area contributed by atoms with E-state index in [2.05, 4.69) is 26.6 Å². The van der Waals surface area contributed by atoms with Gasteiger partial charge in [-0.05, 0) is 45.6 Å². The summed E-state index contributed by atoms with van der Waals surface area (Å²) in [7, 11) is 1.61. The van der Waals surface area contributed by atoms with E-state index in [1.54, 1.807) is 36.6 Å². The van der Waals surface area contributed by atoms with Crippen LogP contribution in [0.3, 0.4) is 0 Å². The van der Waals surface area contributed by atoms with Crippen LogP contribution < -0.4 is 16.4 Å². The Hall–Kier alpha value is -1.53. The summed E-state index contributed by atoms with van der Waals surface area (Å²) in [4.78, 5) is 12.8. The number of benzene rings is 1. The van der Waals surface area contributed by atoms with Crippen molar-refractivity contribution in [3.63, 3.8) is 0 Å². The first-order valence-corrected chi connectivity index (χ1v) is 7.36. The fourth-order valence-electron chi connectivity index (χ4n) is 1.62. The van der Waals surface area contributed by atoms with E-state index in [0.29, 0.717) is 17.8 Å². The Morgan fingerprint density at radius 1 is 1.42 bits per heavy atom. The minimum atomic E-state index is -0.125. The number of carbonyl (C=O) groups is 1. The molecular weight excluding hydrogens is 326 g/mol. The van der Waals surface area contributed by atoms with Crippen molar-refractivity contribution < 1.29 is 4.79 Å². The number of rotatable bonds is 4. The van der Waals surface area contributed by atoms with Gasteiger partial charge in [0.2, 0.25) is 0 Å². The molecule has 4 N–H and O–H groups in total. The Balaban J connectivity index is 2.15. The topological polar surface area (TPSA) is 67.2 Å². The molecule has 6 heteroatoms. The largest absolute Gasteiger partial charge is 0.397 e. The molecule has 0 bridgehead atoms. The number of hydrogen-bond acceptors (Lipinski definition) is 4. The third-order valence-corrected chi connectivity index (χ3v) is 4.60. The fraction of sp³-hybridized carbons (Fsp3) is 0.154. The predicted molar refractivity (Wildman–Crippen MR) is 83.6 cm³/mol. The van der Waals surface area contributed by atoms with E-state index >= 15 is 0 Å². The summed E-state index contributed by atoms with van der Waals surface area (Å²) >= 11 is 5.14. The minimum absolute atomic E-state index is 0.125. The number of thiophene rings is 1. The number of hydrogen-bond donors (Lipinski definition) is 3. The van der Waals surface area contributed by atoms with Crippen molar-refractivity contribution in [3.8, 4) is 0 Å². The van der Waals surface area contributed by atoms with Gasteiger partial charge in [-0.15, -0.1) is 11.3 Å². The van der Waals surface area contributed by atoms with E-state index in [9.17, 15) is 4.79 Å². The second-order valence-electron chi connectivity index (χ2n) is 3.93. The van der Waals surface area contributed by atoms with Gasteiger partial charge >= 0.3 is 0 Å². The summed E-state index contributed by atoms with van der Waals surface area (Å²) in [5.74, 6) is -0.125. The number of nitrogen functional groups attached to an aromatic ring is 1. The molecule has 1 heterocycles. The average molecular weight is 340 g/mol. The lowest BCUT2D eigenvalue weighted by atomic mass is 10.1. The van der Waals surface area contributed by atoms with Gasteiger partial charge in [-0.3, -0.25) is 4.79 Å². The molecule has 0 unspecified atom stereocenters. The van der Waals surface area contributed by atoms with Crippen LogP contribution in [0.5, 0.6) is 0 Å². The molecule has 0 aliphatic rings. The first-order chi connectivity index (χ1) is 9.11. The Morgan fingerprint density at radius 2 is 2.21 bits per heavy atom. The number of amides is 1. The highest BCUT2D eigenvalue weighted by molar-refractivity contribution is 9.10. The summed E-state index contributed by atoms with van der Waals surface area (Å²) in [5, 5.41) is 7.86. The zero-order valence-corrected chi connectivity index (χ0v) is 12.8. The van der Waals surface area contributed by atoms with Crippen molar-refractivity contribution in [1.29, 1.82) is 0 Å². The van der Waals surface area contributed by atoms with Gasteiger partial charge in [0, 0.05) is 22.0 Å². The molecule has 0 radical (unpaired) electrons. The molecule has 0 spiro atoms. The number of halogens is 1. The maximum Gasteiger partial charge on any atom is 0.251 e. The number of anilines is 2.